The Hall–Kier alpha value is -3.81. The van der Waals surface area contributed by atoms with Gasteiger partial charge in [0.25, 0.3) is 0 Å². The number of aliphatic carboxylic acids is 1. The molecular formula is C28H35N5O7S. The molecule has 0 bridgehead atoms. The predicted octanol–water partition coefficient (Wildman–Crippen LogP) is 0.675. The first-order valence-corrected chi connectivity index (χ1v) is 14.9. The van der Waals surface area contributed by atoms with Gasteiger partial charge in [0.15, 0.2) is 5.96 Å². The molecule has 1 amide bonds. The number of nitrogens with zero attached hydrogens (tertiary/aromatic N) is 2. The highest BCUT2D eigenvalue weighted by atomic mass is 32.2. The lowest BCUT2D eigenvalue weighted by Gasteiger charge is -2.25. The van der Waals surface area contributed by atoms with Crippen molar-refractivity contribution in [2.45, 2.75) is 55.7 Å². The summed E-state index contributed by atoms with van der Waals surface area (Å²) in [5.41, 5.74) is 1.45. The first-order valence-electron chi connectivity index (χ1n) is 13.5. The minimum absolute atomic E-state index is 0.0110. The molecule has 4 N–H and O–H groups in total. The number of carbonyl (C=O) groups is 3. The van der Waals surface area contributed by atoms with Crippen molar-refractivity contribution in [1.82, 2.24) is 20.3 Å². The second kappa shape index (κ2) is 13.7. The zero-order valence-corrected chi connectivity index (χ0v) is 23.6. The summed E-state index contributed by atoms with van der Waals surface area (Å²) < 4.78 is 32.7. The van der Waals surface area contributed by atoms with Crippen LogP contribution in [0.5, 0.6) is 0 Å². The van der Waals surface area contributed by atoms with E-state index in [0.717, 1.165) is 28.9 Å². The molecule has 41 heavy (non-hydrogen) atoms. The lowest BCUT2D eigenvalue weighted by molar-refractivity contribution is -0.142. The van der Waals surface area contributed by atoms with Gasteiger partial charge in [0.1, 0.15) is 24.6 Å². The van der Waals surface area contributed by atoms with Gasteiger partial charge in [0.2, 0.25) is 15.9 Å². The molecule has 220 valence electrons. The summed E-state index contributed by atoms with van der Waals surface area (Å²) in [5.74, 6) is -1.15. The van der Waals surface area contributed by atoms with Gasteiger partial charge in [-0.1, -0.05) is 42.5 Å². The second-order valence-corrected chi connectivity index (χ2v) is 11.9. The Bertz CT molecular complexity index is 1370. The van der Waals surface area contributed by atoms with Crippen molar-refractivity contribution in [3.8, 4) is 0 Å². The van der Waals surface area contributed by atoms with Crippen molar-refractivity contribution in [3.63, 3.8) is 0 Å². The SMILES string of the molecule is CC1OCN(S(=O)(=O)c2ccccc2)[C@@H]1C(=O)N[C@@H](Cc1ccc(CC(=O)CCCNC2=NCCN2)cc1)C(=O)O. The molecule has 1 saturated heterocycles. The number of carbonyl (C=O) groups excluding carboxylic acids is 2. The third-order valence-corrected chi connectivity index (χ3v) is 8.73. The van der Waals surface area contributed by atoms with Crippen molar-refractivity contribution in [3.05, 3.63) is 65.7 Å². The van der Waals surface area contributed by atoms with Gasteiger partial charge in [-0.25, -0.2) is 13.2 Å². The number of rotatable bonds is 13. The van der Waals surface area contributed by atoms with Crippen LogP contribution in [0.1, 0.15) is 30.9 Å². The van der Waals surface area contributed by atoms with Crippen LogP contribution in [-0.2, 0) is 42.0 Å². The molecule has 2 heterocycles. The molecule has 1 fully saturated rings. The maximum atomic E-state index is 13.2. The smallest absolute Gasteiger partial charge is 0.326 e. The fraction of sp³-hybridized carbons (Fsp3) is 0.429. The molecule has 12 nitrogen and oxygen atoms in total. The molecule has 0 aromatic heterocycles. The molecule has 2 aromatic carbocycles. The van der Waals surface area contributed by atoms with E-state index in [1.165, 1.54) is 12.1 Å². The van der Waals surface area contributed by atoms with E-state index in [1.807, 2.05) is 0 Å². The highest BCUT2D eigenvalue weighted by Crippen LogP contribution is 2.26. The number of carboxylic acid groups (broad SMARTS) is 1. The summed E-state index contributed by atoms with van der Waals surface area (Å²) >= 11 is 0. The number of benzene rings is 2. The van der Waals surface area contributed by atoms with Gasteiger partial charge in [0, 0.05) is 32.4 Å². The monoisotopic (exact) mass is 585 g/mol. The van der Waals surface area contributed by atoms with Crippen LogP contribution >= 0.6 is 0 Å². The van der Waals surface area contributed by atoms with Crippen LogP contribution in [0.15, 0.2) is 64.5 Å². The first-order chi connectivity index (χ1) is 19.6. The molecule has 4 rings (SSSR count). The number of guanidine groups is 1. The van der Waals surface area contributed by atoms with E-state index in [-0.39, 0.29) is 30.3 Å². The third-order valence-electron chi connectivity index (χ3n) is 6.92. The van der Waals surface area contributed by atoms with Crippen molar-refractivity contribution in [1.29, 1.82) is 0 Å². The van der Waals surface area contributed by atoms with E-state index in [1.54, 1.807) is 49.4 Å². The van der Waals surface area contributed by atoms with E-state index >= 15 is 0 Å². The molecule has 13 heteroatoms. The number of carboxylic acids is 1. The van der Waals surface area contributed by atoms with Crippen molar-refractivity contribution in [2.75, 3.05) is 26.4 Å². The van der Waals surface area contributed by atoms with Crippen molar-refractivity contribution >= 4 is 33.6 Å². The van der Waals surface area contributed by atoms with Crippen molar-refractivity contribution < 1.29 is 32.6 Å². The largest absolute Gasteiger partial charge is 0.480 e. The van der Waals surface area contributed by atoms with E-state index < -0.39 is 40.1 Å². The molecule has 2 aromatic rings. The minimum atomic E-state index is -4.05. The van der Waals surface area contributed by atoms with Gasteiger partial charge in [-0.05, 0) is 36.6 Å². The van der Waals surface area contributed by atoms with Gasteiger partial charge in [-0.3, -0.25) is 14.6 Å². The van der Waals surface area contributed by atoms with Crippen LogP contribution in [-0.4, -0.2) is 86.0 Å². The van der Waals surface area contributed by atoms with Gasteiger partial charge in [0.05, 0.1) is 17.5 Å². The topological polar surface area (TPSA) is 166 Å². The number of sulfonamides is 1. The Morgan fingerprint density at radius 2 is 1.83 bits per heavy atom. The summed E-state index contributed by atoms with van der Waals surface area (Å²) in [6.45, 7) is 3.48. The summed E-state index contributed by atoms with van der Waals surface area (Å²) in [4.78, 5) is 41.8. The van der Waals surface area contributed by atoms with E-state index in [0.29, 0.717) is 24.9 Å². The molecular weight excluding hydrogens is 550 g/mol. The second-order valence-electron chi connectivity index (χ2n) is 9.97. The quantitative estimate of drug-likeness (QED) is 0.247. The van der Waals surface area contributed by atoms with Gasteiger partial charge in [-0.2, -0.15) is 4.31 Å². The number of Topliss-reactive ketones (excluding diaryl/α,β-unsaturated/α-hetero) is 1. The van der Waals surface area contributed by atoms with Gasteiger partial charge in [-0.15, -0.1) is 0 Å². The van der Waals surface area contributed by atoms with Crippen LogP contribution in [0.25, 0.3) is 0 Å². The maximum absolute atomic E-state index is 13.2. The lowest BCUT2D eigenvalue weighted by atomic mass is 10.0. The Labute approximate surface area is 239 Å². The van der Waals surface area contributed by atoms with Crippen LogP contribution in [0.4, 0.5) is 0 Å². The molecule has 0 spiro atoms. The average molecular weight is 586 g/mol. The minimum Gasteiger partial charge on any atom is -0.480 e. The van der Waals surface area contributed by atoms with E-state index in [2.05, 4.69) is 20.9 Å². The standard InChI is InChI=1S/C28H35N5O7S/c1-19-25(33(18-40-19)41(38,39)23-7-3-2-4-8-23)26(35)32-24(27(36)37)17-21-11-9-20(10-12-21)16-22(34)6-5-13-29-28-30-14-15-31-28/h2-4,7-12,19,24-25H,5-6,13-18H2,1H3,(H,32,35)(H,36,37)(H2,29,30,31)/t19?,24-,25-/m0/s1. The highest BCUT2D eigenvalue weighted by molar-refractivity contribution is 7.89. The number of hydrogen-bond donors (Lipinski definition) is 4. The first kappa shape index (κ1) is 30.2. The van der Waals surface area contributed by atoms with Crippen LogP contribution in [0.2, 0.25) is 0 Å². The molecule has 0 aliphatic carbocycles. The average Bonchev–Trinajstić information content (AvgIpc) is 3.62. The normalized spacial score (nSPS) is 19.7. The fourth-order valence-corrected chi connectivity index (χ4v) is 6.24. The number of nitrogens with one attached hydrogen (secondary N) is 3. The van der Waals surface area contributed by atoms with Gasteiger partial charge < -0.3 is 25.8 Å². The zero-order valence-electron chi connectivity index (χ0n) is 22.8. The molecule has 0 saturated carbocycles. The summed E-state index contributed by atoms with van der Waals surface area (Å²) in [7, 11) is -4.05. The van der Waals surface area contributed by atoms with E-state index in [4.69, 9.17) is 4.74 Å². The molecule has 2 aliphatic rings. The Morgan fingerprint density at radius 1 is 1.12 bits per heavy atom. The Morgan fingerprint density at radius 3 is 2.49 bits per heavy atom. The number of ether oxygens (including phenoxy) is 1. The molecule has 3 atom stereocenters. The number of amides is 1. The number of ketones is 1. The highest BCUT2D eigenvalue weighted by Gasteiger charge is 2.45. The Kier molecular flexibility index (Phi) is 10.1. The summed E-state index contributed by atoms with van der Waals surface area (Å²) in [6, 6.07) is 12.1. The third kappa shape index (κ3) is 7.90. The lowest BCUT2D eigenvalue weighted by Crippen LogP contribution is -2.54. The zero-order chi connectivity index (χ0) is 29.4. The fourth-order valence-electron chi connectivity index (χ4n) is 4.70. The predicted molar refractivity (Wildman–Crippen MR) is 151 cm³/mol. The number of aliphatic imine (C=N–C) groups is 1. The maximum Gasteiger partial charge on any atom is 0.326 e. The molecule has 2 aliphatic heterocycles. The van der Waals surface area contributed by atoms with Gasteiger partial charge >= 0.3 is 5.97 Å². The molecule has 1 unspecified atom stereocenters. The number of hydrogen-bond acceptors (Lipinski definition) is 9. The van der Waals surface area contributed by atoms with E-state index in [9.17, 15) is 27.9 Å². The van der Waals surface area contributed by atoms with Crippen LogP contribution < -0.4 is 16.0 Å². The Balaban J connectivity index is 1.32. The van der Waals surface area contributed by atoms with Crippen LogP contribution in [0.3, 0.4) is 0 Å². The summed E-state index contributed by atoms with van der Waals surface area (Å²) in [6.07, 6.45) is 0.585. The summed E-state index contributed by atoms with van der Waals surface area (Å²) in [5, 5.41) is 18.6. The molecule has 0 radical (unpaired) electrons. The van der Waals surface area contributed by atoms with Crippen LogP contribution in [0, 0.1) is 0 Å². The van der Waals surface area contributed by atoms with Crippen molar-refractivity contribution in [2.24, 2.45) is 4.99 Å².